The molecule has 2 heterocycles. The minimum absolute atomic E-state index is 0.0860. The van der Waals surface area contributed by atoms with Crippen LogP contribution in [0.2, 0.25) is 10.0 Å². The number of aromatic nitrogens is 3. The molecule has 0 aliphatic heterocycles. The molecule has 36 heavy (non-hydrogen) atoms. The summed E-state index contributed by atoms with van der Waals surface area (Å²) in [7, 11) is 0. The lowest BCUT2D eigenvalue weighted by atomic mass is 9.85. The zero-order valence-corrected chi connectivity index (χ0v) is 21.8. The Labute approximate surface area is 220 Å². The SMILES string of the molecule is C[C@@H]1CC[C@@H](Nc2ncc3cc(Nc4ccc(Cl)cc4Cl)n([C@H]4CC[C@@H](C(N)=O)CC4)c3n2)C[C@H]1O. The lowest BCUT2D eigenvalue weighted by Crippen LogP contribution is -2.35. The quantitative estimate of drug-likeness (QED) is 0.326. The van der Waals surface area contributed by atoms with Gasteiger partial charge in [-0.25, -0.2) is 4.98 Å². The van der Waals surface area contributed by atoms with Crippen LogP contribution in [0.4, 0.5) is 17.5 Å². The summed E-state index contributed by atoms with van der Waals surface area (Å²) < 4.78 is 2.20. The van der Waals surface area contributed by atoms with Gasteiger partial charge in [0.2, 0.25) is 11.9 Å². The standard InChI is InChI=1S/C26H32Cl2N6O2/c1-14-2-6-18(12-22(14)35)31-26-30-13-16-10-23(32-21-9-5-17(27)11-20(21)28)34(25(16)33-26)19-7-3-15(4-8-19)24(29)36/h5,9-11,13-15,18-19,22,32,35H,2-4,6-8,12H2,1H3,(H2,29,36)(H,30,31,33)/t14-,15-,18-,19+,22-/m1/s1. The van der Waals surface area contributed by atoms with Gasteiger partial charge in [0, 0.05) is 34.6 Å². The Morgan fingerprint density at radius 1 is 1.14 bits per heavy atom. The van der Waals surface area contributed by atoms with Crippen LogP contribution in [0, 0.1) is 11.8 Å². The number of aliphatic hydroxyl groups is 1. The summed E-state index contributed by atoms with van der Waals surface area (Å²) in [6.07, 6.45) is 7.26. The largest absolute Gasteiger partial charge is 0.393 e. The number of rotatable bonds is 6. The van der Waals surface area contributed by atoms with Gasteiger partial charge in [-0.1, -0.05) is 30.1 Å². The van der Waals surface area contributed by atoms with E-state index < -0.39 is 0 Å². The Morgan fingerprint density at radius 2 is 1.92 bits per heavy atom. The second-order valence-corrected chi connectivity index (χ2v) is 11.1. The van der Waals surface area contributed by atoms with Crippen LogP contribution >= 0.6 is 23.2 Å². The Bertz CT molecular complexity index is 1260. The average Bonchev–Trinajstić information content (AvgIpc) is 3.20. The van der Waals surface area contributed by atoms with Crippen molar-refractivity contribution >= 4 is 57.6 Å². The predicted molar refractivity (Wildman–Crippen MR) is 144 cm³/mol. The van der Waals surface area contributed by atoms with Gasteiger partial charge >= 0.3 is 0 Å². The van der Waals surface area contributed by atoms with E-state index in [1.54, 1.807) is 12.1 Å². The number of nitrogens with two attached hydrogens (primary N) is 1. The molecule has 2 fully saturated rings. The number of primary amides is 1. The number of halogens is 2. The van der Waals surface area contributed by atoms with Crippen LogP contribution in [0.1, 0.15) is 57.9 Å². The lowest BCUT2D eigenvalue weighted by Gasteiger charge is -2.31. The summed E-state index contributed by atoms with van der Waals surface area (Å²) >= 11 is 12.6. The van der Waals surface area contributed by atoms with E-state index in [1.165, 1.54) is 0 Å². The van der Waals surface area contributed by atoms with Gasteiger partial charge in [-0.15, -0.1) is 0 Å². The van der Waals surface area contributed by atoms with Crippen molar-refractivity contribution < 1.29 is 9.90 Å². The number of benzene rings is 1. The van der Waals surface area contributed by atoms with E-state index in [0.717, 1.165) is 61.1 Å². The highest BCUT2D eigenvalue weighted by Crippen LogP contribution is 2.39. The molecule has 3 aromatic rings. The van der Waals surface area contributed by atoms with E-state index >= 15 is 0 Å². The number of hydrogen-bond donors (Lipinski definition) is 4. The zero-order chi connectivity index (χ0) is 25.4. The van der Waals surface area contributed by atoms with Crippen molar-refractivity contribution in [3.05, 3.63) is 40.5 Å². The smallest absolute Gasteiger partial charge is 0.224 e. The summed E-state index contributed by atoms with van der Waals surface area (Å²) in [4.78, 5) is 21.2. The third kappa shape index (κ3) is 5.26. The molecule has 2 aromatic heterocycles. The van der Waals surface area contributed by atoms with Gasteiger partial charge in [-0.2, -0.15) is 4.98 Å². The molecule has 0 unspecified atom stereocenters. The van der Waals surface area contributed by atoms with Crippen molar-refractivity contribution in [2.75, 3.05) is 10.6 Å². The number of fused-ring (bicyclic) bond motifs is 1. The summed E-state index contributed by atoms with van der Waals surface area (Å²) in [5.41, 5.74) is 7.14. The molecule has 5 rings (SSSR count). The Balaban J connectivity index is 1.48. The number of amides is 1. The molecule has 0 bridgehead atoms. The zero-order valence-electron chi connectivity index (χ0n) is 20.3. The number of hydrogen-bond acceptors (Lipinski definition) is 6. The van der Waals surface area contributed by atoms with Gasteiger partial charge in [0.25, 0.3) is 0 Å². The van der Waals surface area contributed by atoms with Gasteiger partial charge < -0.3 is 26.0 Å². The van der Waals surface area contributed by atoms with Crippen LogP contribution in [0.3, 0.4) is 0 Å². The lowest BCUT2D eigenvalue weighted by molar-refractivity contribution is -0.122. The monoisotopic (exact) mass is 530 g/mol. The van der Waals surface area contributed by atoms with Crippen LogP contribution in [0.25, 0.3) is 11.0 Å². The maximum Gasteiger partial charge on any atom is 0.224 e. The topological polar surface area (TPSA) is 118 Å². The van der Waals surface area contributed by atoms with Gasteiger partial charge in [0.15, 0.2) is 0 Å². The molecule has 3 atom stereocenters. The Kier molecular flexibility index (Phi) is 7.28. The molecule has 8 nitrogen and oxygen atoms in total. The fourth-order valence-corrected chi connectivity index (χ4v) is 5.96. The minimum Gasteiger partial charge on any atom is -0.393 e. The molecule has 0 radical (unpaired) electrons. The van der Waals surface area contributed by atoms with Gasteiger partial charge in [-0.05, 0) is 75.1 Å². The summed E-state index contributed by atoms with van der Waals surface area (Å²) in [5, 5.41) is 19.2. The first-order chi connectivity index (χ1) is 17.3. The molecule has 2 aliphatic rings. The third-order valence-electron chi connectivity index (χ3n) is 7.72. The van der Waals surface area contributed by atoms with Crippen LogP contribution in [0.5, 0.6) is 0 Å². The summed E-state index contributed by atoms with van der Waals surface area (Å²) in [6.45, 7) is 2.09. The minimum atomic E-state index is -0.316. The fourth-order valence-electron chi connectivity index (χ4n) is 5.50. The van der Waals surface area contributed by atoms with Crippen molar-refractivity contribution in [1.29, 1.82) is 0 Å². The number of nitrogens with one attached hydrogen (secondary N) is 2. The van der Waals surface area contributed by atoms with Gasteiger partial charge in [0.05, 0.1) is 16.8 Å². The van der Waals surface area contributed by atoms with Crippen molar-refractivity contribution in [2.45, 2.75) is 70.1 Å². The number of carbonyl (C=O) groups excluding carboxylic acids is 1. The van der Waals surface area contributed by atoms with E-state index in [0.29, 0.717) is 28.3 Å². The molecule has 1 aromatic carbocycles. The molecule has 2 saturated carbocycles. The van der Waals surface area contributed by atoms with Crippen LogP contribution in [-0.2, 0) is 4.79 Å². The van der Waals surface area contributed by atoms with E-state index in [1.807, 2.05) is 18.3 Å². The van der Waals surface area contributed by atoms with Gasteiger partial charge in [0.1, 0.15) is 11.5 Å². The van der Waals surface area contributed by atoms with E-state index in [2.05, 4.69) is 27.1 Å². The predicted octanol–water partition coefficient (Wildman–Crippen LogP) is 5.66. The van der Waals surface area contributed by atoms with Crippen molar-refractivity contribution in [2.24, 2.45) is 17.6 Å². The van der Waals surface area contributed by atoms with Crippen LogP contribution in [-0.4, -0.2) is 37.7 Å². The third-order valence-corrected chi connectivity index (χ3v) is 8.27. The molecule has 0 spiro atoms. The fraction of sp³-hybridized carbons (Fsp3) is 0.500. The number of aliphatic hydroxyl groups excluding tert-OH is 1. The van der Waals surface area contributed by atoms with Crippen molar-refractivity contribution in [3.63, 3.8) is 0 Å². The molecule has 2 aliphatic carbocycles. The van der Waals surface area contributed by atoms with E-state index in [-0.39, 0.29) is 30.0 Å². The van der Waals surface area contributed by atoms with E-state index in [9.17, 15) is 9.90 Å². The molecular weight excluding hydrogens is 499 g/mol. The number of anilines is 3. The average molecular weight is 531 g/mol. The first-order valence-electron chi connectivity index (χ1n) is 12.6. The van der Waals surface area contributed by atoms with E-state index in [4.69, 9.17) is 33.9 Å². The van der Waals surface area contributed by atoms with Crippen molar-refractivity contribution in [1.82, 2.24) is 14.5 Å². The normalized spacial score (nSPS) is 26.6. The molecule has 5 N–H and O–H groups in total. The maximum absolute atomic E-state index is 11.7. The molecular formula is C26H32Cl2N6O2. The van der Waals surface area contributed by atoms with Crippen LogP contribution in [0.15, 0.2) is 30.5 Å². The molecule has 192 valence electrons. The number of nitrogens with zero attached hydrogens (tertiary/aromatic N) is 3. The molecule has 1 amide bonds. The summed E-state index contributed by atoms with van der Waals surface area (Å²) in [5.74, 6) is 1.40. The Morgan fingerprint density at radius 3 is 2.61 bits per heavy atom. The molecule has 0 saturated heterocycles. The highest BCUT2D eigenvalue weighted by molar-refractivity contribution is 6.36. The second kappa shape index (κ2) is 10.4. The van der Waals surface area contributed by atoms with Crippen LogP contribution < -0.4 is 16.4 Å². The van der Waals surface area contributed by atoms with Gasteiger partial charge in [-0.3, -0.25) is 4.79 Å². The Hall–Kier alpha value is -2.55. The second-order valence-electron chi connectivity index (χ2n) is 10.2. The first kappa shape index (κ1) is 25.1. The molecule has 10 heteroatoms. The number of carbonyl (C=O) groups is 1. The highest BCUT2D eigenvalue weighted by Gasteiger charge is 2.29. The highest BCUT2D eigenvalue weighted by atomic mass is 35.5. The maximum atomic E-state index is 11.7. The first-order valence-corrected chi connectivity index (χ1v) is 13.4. The summed E-state index contributed by atoms with van der Waals surface area (Å²) in [6, 6.07) is 7.65. The van der Waals surface area contributed by atoms with Crippen molar-refractivity contribution in [3.8, 4) is 0 Å².